The lowest BCUT2D eigenvalue weighted by Crippen LogP contribution is -2.27. The van der Waals surface area contributed by atoms with Crippen molar-refractivity contribution in [1.29, 1.82) is 0 Å². The predicted molar refractivity (Wildman–Crippen MR) is 116 cm³/mol. The van der Waals surface area contributed by atoms with Crippen LogP contribution in [0.4, 0.5) is 26.5 Å². The van der Waals surface area contributed by atoms with E-state index in [2.05, 4.69) is 20.3 Å². The lowest BCUT2D eigenvalue weighted by molar-refractivity contribution is 0.259. The minimum absolute atomic E-state index is 0.299. The van der Waals surface area contributed by atoms with Crippen LogP contribution in [0.1, 0.15) is 17.2 Å². The Morgan fingerprint density at radius 3 is 2.10 bits per heavy atom. The van der Waals surface area contributed by atoms with Crippen LogP contribution >= 0.6 is 0 Å². The molecule has 0 atom stereocenters. The van der Waals surface area contributed by atoms with Gasteiger partial charge >= 0.3 is 6.03 Å². The minimum atomic E-state index is -0.714. The molecule has 4 rings (SSSR count). The van der Waals surface area contributed by atoms with Gasteiger partial charge in [-0.1, -0.05) is 18.2 Å². The van der Waals surface area contributed by atoms with Gasteiger partial charge in [-0.15, -0.1) is 0 Å². The fourth-order valence-electron chi connectivity index (χ4n) is 3.33. The van der Waals surface area contributed by atoms with Crippen LogP contribution in [0.3, 0.4) is 0 Å². The number of amides is 2. The fraction of sp³-hybridized carbons (Fsp3) is 0.0435. The zero-order chi connectivity index (χ0) is 21.6. The highest BCUT2D eigenvalue weighted by molar-refractivity contribution is 5.87. The number of halogens is 1. The summed E-state index contributed by atoms with van der Waals surface area (Å²) in [7, 11) is 0. The van der Waals surface area contributed by atoms with E-state index in [9.17, 15) is 9.18 Å². The van der Waals surface area contributed by atoms with Crippen LogP contribution < -0.4 is 16.0 Å². The van der Waals surface area contributed by atoms with Crippen molar-refractivity contribution in [3.63, 3.8) is 0 Å². The molecule has 3 heterocycles. The van der Waals surface area contributed by atoms with E-state index in [1.165, 1.54) is 12.1 Å². The first kappa shape index (κ1) is 20.0. The van der Waals surface area contributed by atoms with Crippen LogP contribution in [0, 0.1) is 5.82 Å². The van der Waals surface area contributed by atoms with Crippen LogP contribution in [-0.2, 0) is 0 Å². The molecule has 4 aromatic rings. The lowest BCUT2D eigenvalue weighted by Gasteiger charge is -2.33. The number of nitrogens with one attached hydrogen (secondary N) is 1. The van der Waals surface area contributed by atoms with E-state index in [1.54, 1.807) is 55.1 Å². The van der Waals surface area contributed by atoms with Crippen molar-refractivity contribution >= 4 is 23.4 Å². The van der Waals surface area contributed by atoms with Gasteiger partial charge in [0.2, 0.25) is 0 Å². The van der Waals surface area contributed by atoms with Crippen molar-refractivity contribution in [3.8, 4) is 0 Å². The topological polar surface area (TPSA) is 97.0 Å². The van der Waals surface area contributed by atoms with Gasteiger partial charge in [0.25, 0.3) is 0 Å². The zero-order valence-corrected chi connectivity index (χ0v) is 16.4. The second-order valence-corrected chi connectivity index (χ2v) is 6.69. The summed E-state index contributed by atoms with van der Waals surface area (Å²) < 4.78 is 13.7. The van der Waals surface area contributed by atoms with Gasteiger partial charge in [0, 0.05) is 30.5 Å². The van der Waals surface area contributed by atoms with Gasteiger partial charge in [0.1, 0.15) is 17.5 Å². The lowest BCUT2D eigenvalue weighted by atomic mass is 9.99. The van der Waals surface area contributed by atoms with Crippen LogP contribution in [-0.4, -0.2) is 21.0 Å². The Hall–Kier alpha value is -4.33. The highest BCUT2D eigenvalue weighted by Gasteiger charge is 2.26. The maximum atomic E-state index is 13.7. The van der Waals surface area contributed by atoms with Gasteiger partial charge in [0.05, 0.1) is 6.04 Å². The summed E-state index contributed by atoms with van der Waals surface area (Å²) in [6, 6.07) is 17.8. The van der Waals surface area contributed by atoms with Gasteiger partial charge in [-0.2, -0.15) is 0 Å². The maximum absolute atomic E-state index is 13.7. The van der Waals surface area contributed by atoms with Gasteiger partial charge in [0.15, 0.2) is 0 Å². The molecule has 1 aromatic carbocycles. The Morgan fingerprint density at radius 1 is 0.903 bits per heavy atom. The molecule has 3 N–H and O–H groups in total. The summed E-state index contributed by atoms with van der Waals surface area (Å²) in [6.45, 7) is 0. The van der Waals surface area contributed by atoms with Crippen LogP contribution in [0.25, 0.3) is 0 Å². The molecule has 31 heavy (non-hydrogen) atoms. The number of hydrogen-bond acceptors (Lipinski definition) is 5. The quantitative estimate of drug-likeness (QED) is 0.487. The predicted octanol–water partition coefficient (Wildman–Crippen LogP) is 4.43. The molecule has 0 fully saturated rings. The smallest absolute Gasteiger partial charge is 0.317 e. The van der Waals surface area contributed by atoms with E-state index in [0.717, 1.165) is 11.1 Å². The Labute approximate surface area is 178 Å². The number of anilines is 3. The molecular weight excluding hydrogens is 395 g/mol. The molecule has 3 aromatic heterocycles. The third kappa shape index (κ3) is 4.64. The number of hydrogen-bond donors (Lipinski definition) is 2. The highest BCUT2D eigenvalue weighted by Crippen LogP contribution is 2.38. The average Bonchev–Trinajstić information content (AvgIpc) is 2.79. The third-order valence-electron chi connectivity index (χ3n) is 4.60. The molecule has 0 saturated heterocycles. The number of primary amides is 1. The molecule has 2 amide bonds. The molecular formula is C23H19FN6O. The number of carbonyl (C=O) groups excluding carboxylic acids is 1. The molecule has 0 saturated carbocycles. The highest BCUT2D eigenvalue weighted by atomic mass is 19.1. The van der Waals surface area contributed by atoms with E-state index in [-0.39, 0.29) is 11.9 Å². The summed E-state index contributed by atoms with van der Waals surface area (Å²) in [4.78, 5) is 26.4. The largest absolute Gasteiger partial charge is 0.351 e. The second-order valence-electron chi connectivity index (χ2n) is 6.69. The molecule has 0 spiro atoms. The van der Waals surface area contributed by atoms with Crippen molar-refractivity contribution in [1.82, 2.24) is 15.0 Å². The summed E-state index contributed by atoms with van der Waals surface area (Å²) in [5.74, 6) is 0.476. The molecule has 0 bridgehead atoms. The van der Waals surface area contributed by atoms with E-state index >= 15 is 0 Å². The Kier molecular flexibility index (Phi) is 5.79. The Balaban J connectivity index is 1.92. The molecule has 0 aliphatic rings. The van der Waals surface area contributed by atoms with Crippen LogP contribution in [0.5, 0.6) is 0 Å². The Morgan fingerprint density at radius 2 is 1.55 bits per heavy atom. The number of nitrogens with two attached hydrogens (primary N) is 1. The van der Waals surface area contributed by atoms with E-state index < -0.39 is 6.03 Å². The van der Waals surface area contributed by atoms with Crippen molar-refractivity contribution in [2.75, 3.05) is 10.2 Å². The number of benzene rings is 1. The molecule has 154 valence electrons. The SMILES string of the molecule is NC(=O)Nc1cccc(N(c2ccc(F)cc2)C(c2cccnc2)c2cccnc2)n1. The normalized spacial score (nSPS) is 10.6. The summed E-state index contributed by atoms with van der Waals surface area (Å²) in [5.41, 5.74) is 7.72. The average molecular weight is 414 g/mol. The molecule has 0 aliphatic heterocycles. The van der Waals surface area contributed by atoms with Crippen LogP contribution in [0.15, 0.2) is 91.5 Å². The van der Waals surface area contributed by atoms with Crippen molar-refractivity contribution in [2.45, 2.75) is 6.04 Å². The fourth-order valence-corrected chi connectivity index (χ4v) is 3.33. The van der Waals surface area contributed by atoms with Gasteiger partial charge < -0.3 is 10.6 Å². The standard InChI is InChI=1S/C23H19FN6O/c24-18-8-10-19(11-9-18)30(21-7-1-6-20(28-21)29-23(25)31)22(16-4-2-12-26-14-16)17-5-3-13-27-15-17/h1-15,22H,(H3,25,28,29,31). The number of pyridine rings is 3. The van der Waals surface area contributed by atoms with Crippen molar-refractivity contribution < 1.29 is 9.18 Å². The van der Waals surface area contributed by atoms with Crippen molar-refractivity contribution in [2.24, 2.45) is 5.73 Å². The van der Waals surface area contributed by atoms with E-state index in [1.807, 2.05) is 29.2 Å². The Bertz CT molecular complexity index is 1120. The maximum Gasteiger partial charge on any atom is 0.317 e. The minimum Gasteiger partial charge on any atom is -0.351 e. The molecule has 0 aliphatic carbocycles. The van der Waals surface area contributed by atoms with E-state index in [4.69, 9.17) is 5.73 Å². The van der Waals surface area contributed by atoms with E-state index in [0.29, 0.717) is 17.3 Å². The number of urea groups is 1. The first-order valence-corrected chi connectivity index (χ1v) is 9.50. The number of nitrogens with zero attached hydrogens (tertiary/aromatic N) is 4. The summed E-state index contributed by atoms with van der Waals surface area (Å²) in [5, 5.41) is 2.50. The number of aromatic nitrogens is 3. The van der Waals surface area contributed by atoms with Crippen LogP contribution in [0.2, 0.25) is 0 Å². The first-order chi connectivity index (χ1) is 15.1. The monoisotopic (exact) mass is 414 g/mol. The molecule has 0 unspecified atom stereocenters. The summed E-state index contributed by atoms with van der Waals surface area (Å²) in [6.07, 6.45) is 6.92. The first-order valence-electron chi connectivity index (χ1n) is 9.50. The molecule has 0 radical (unpaired) electrons. The van der Waals surface area contributed by atoms with Gasteiger partial charge in [-0.25, -0.2) is 14.2 Å². The third-order valence-corrected chi connectivity index (χ3v) is 4.60. The van der Waals surface area contributed by atoms with Crippen molar-refractivity contribution in [3.05, 3.63) is 108 Å². The second kappa shape index (κ2) is 9.00. The molecule has 7 nitrogen and oxygen atoms in total. The number of rotatable bonds is 6. The molecule has 8 heteroatoms. The van der Waals surface area contributed by atoms with Gasteiger partial charge in [-0.3, -0.25) is 15.3 Å². The zero-order valence-electron chi connectivity index (χ0n) is 16.4. The number of carbonyl (C=O) groups is 1. The van der Waals surface area contributed by atoms with Gasteiger partial charge in [-0.05, 0) is 59.7 Å². The summed E-state index contributed by atoms with van der Waals surface area (Å²) >= 11 is 0.